The van der Waals surface area contributed by atoms with E-state index < -0.39 is 0 Å². The fourth-order valence-electron chi connectivity index (χ4n) is 2.55. The van der Waals surface area contributed by atoms with E-state index in [9.17, 15) is 4.79 Å². The smallest absolute Gasteiger partial charge is 0.239 e. The first-order chi connectivity index (χ1) is 12.3. The summed E-state index contributed by atoms with van der Waals surface area (Å²) in [5.74, 6) is 2.01. The van der Waals surface area contributed by atoms with E-state index in [0.717, 1.165) is 5.56 Å². The summed E-state index contributed by atoms with van der Waals surface area (Å²) >= 11 is 0. The Hall–Kier alpha value is -2.57. The van der Waals surface area contributed by atoms with Crippen LogP contribution in [0.2, 0.25) is 0 Å². The van der Waals surface area contributed by atoms with Crippen molar-refractivity contribution < 1.29 is 19.0 Å². The molecule has 1 aliphatic heterocycles. The Kier molecular flexibility index (Phi) is 5.87. The number of methoxy groups -OCH3 is 1. The lowest BCUT2D eigenvalue weighted by atomic mass is 10.2. The third-order valence-corrected chi connectivity index (χ3v) is 3.93. The van der Waals surface area contributed by atoms with E-state index in [0.29, 0.717) is 43.6 Å². The van der Waals surface area contributed by atoms with Gasteiger partial charge in [0.2, 0.25) is 5.91 Å². The molecule has 0 saturated carbocycles. The van der Waals surface area contributed by atoms with Crippen LogP contribution in [0.1, 0.15) is 5.56 Å². The van der Waals surface area contributed by atoms with Crippen LogP contribution in [-0.2, 0) is 16.1 Å². The van der Waals surface area contributed by atoms with Crippen LogP contribution in [0.3, 0.4) is 0 Å². The van der Waals surface area contributed by atoms with Crippen molar-refractivity contribution in [1.82, 2.24) is 10.6 Å². The zero-order valence-electron chi connectivity index (χ0n) is 14.2. The van der Waals surface area contributed by atoms with Gasteiger partial charge in [0.1, 0.15) is 11.8 Å². The molecule has 0 aliphatic carbocycles. The number of benzene rings is 2. The summed E-state index contributed by atoms with van der Waals surface area (Å²) in [6.45, 7) is 2.23. The Labute approximate surface area is 147 Å². The second-order valence-corrected chi connectivity index (χ2v) is 5.70. The minimum Gasteiger partial charge on any atom is -0.493 e. The standard InChI is InChI=1S/C19H22N2O4/c1-23-17-4-2-3-5-18(17)25-15-8-6-14(7-9-15)12-21-19(22)16-13-24-11-10-20-16/h2-9,16,20H,10-13H2,1H3,(H,21,22). The van der Waals surface area contributed by atoms with Gasteiger partial charge in [-0.3, -0.25) is 4.79 Å². The van der Waals surface area contributed by atoms with Crippen LogP contribution < -0.4 is 20.1 Å². The highest BCUT2D eigenvalue weighted by molar-refractivity contribution is 5.81. The van der Waals surface area contributed by atoms with E-state index in [2.05, 4.69) is 10.6 Å². The van der Waals surface area contributed by atoms with Gasteiger partial charge in [-0.15, -0.1) is 0 Å². The predicted octanol–water partition coefficient (Wildman–Crippen LogP) is 2.09. The fourth-order valence-corrected chi connectivity index (χ4v) is 2.55. The summed E-state index contributed by atoms with van der Waals surface area (Å²) < 4.78 is 16.4. The van der Waals surface area contributed by atoms with Crippen molar-refractivity contribution in [2.24, 2.45) is 0 Å². The number of morpholine rings is 1. The molecule has 2 N–H and O–H groups in total. The lowest BCUT2D eigenvalue weighted by Gasteiger charge is -2.22. The van der Waals surface area contributed by atoms with Crippen LogP contribution in [0.15, 0.2) is 48.5 Å². The molecule has 1 atom stereocenters. The largest absolute Gasteiger partial charge is 0.493 e. The summed E-state index contributed by atoms with van der Waals surface area (Å²) in [6.07, 6.45) is 0. The molecule has 25 heavy (non-hydrogen) atoms. The Bertz CT molecular complexity index is 697. The third kappa shape index (κ3) is 4.71. The van der Waals surface area contributed by atoms with E-state index >= 15 is 0 Å². The quantitative estimate of drug-likeness (QED) is 0.841. The monoisotopic (exact) mass is 342 g/mol. The van der Waals surface area contributed by atoms with Crippen molar-refractivity contribution in [3.05, 3.63) is 54.1 Å². The molecule has 1 unspecified atom stereocenters. The lowest BCUT2D eigenvalue weighted by molar-refractivity contribution is -0.126. The molecule has 6 heteroatoms. The van der Waals surface area contributed by atoms with Crippen molar-refractivity contribution in [2.45, 2.75) is 12.6 Å². The normalized spacial score (nSPS) is 16.9. The second kappa shape index (κ2) is 8.50. The molecule has 0 bridgehead atoms. The molecule has 132 valence electrons. The van der Waals surface area contributed by atoms with E-state index in [4.69, 9.17) is 14.2 Å². The first kappa shape index (κ1) is 17.3. The van der Waals surface area contributed by atoms with Gasteiger partial charge in [0.15, 0.2) is 11.5 Å². The van der Waals surface area contributed by atoms with Gasteiger partial charge in [-0.1, -0.05) is 24.3 Å². The topological polar surface area (TPSA) is 68.8 Å². The van der Waals surface area contributed by atoms with E-state index in [1.807, 2.05) is 48.5 Å². The van der Waals surface area contributed by atoms with Gasteiger partial charge in [-0.25, -0.2) is 0 Å². The number of hydrogen-bond donors (Lipinski definition) is 2. The molecule has 0 radical (unpaired) electrons. The van der Waals surface area contributed by atoms with E-state index in [1.165, 1.54) is 0 Å². The van der Waals surface area contributed by atoms with E-state index in [1.54, 1.807) is 7.11 Å². The lowest BCUT2D eigenvalue weighted by Crippen LogP contribution is -2.51. The molecule has 0 spiro atoms. The summed E-state index contributed by atoms with van der Waals surface area (Å²) in [5, 5.41) is 6.05. The summed E-state index contributed by atoms with van der Waals surface area (Å²) in [6, 6.07) is 14.8. The highest BCUT2D eigenvalue weighted by Gasteiger charge is 2.20. The highest BCUT2D eigenvalue weighted by atomic mass is 16.5. The van der Waals surface area contributed by atoms with Crippen LogP contribution >= 0.6 is 0 Å². The van der Waals surface area contributed by atoms with Gasteiger partial charge in [0.05, 0.1) is 20.3 Å². The molecule has 1 heterocycles. The molecule has 0 aromatic heterocycles. The van der Waals surface area contributed by atoms with Crippen molar-refractivity contribution >= 4 is 5.91 Å². The molecule has 6 nitrogen and oxygen atoms in total. The number of para-hydroxylation sites is 2. The van der Waals surface area contributed by atoms with Crippen LogP contribution in [0.5, 0.6) is 17.2 Å². The van der Waals surface area contributed by atoms with Crippen LogP contribution in [0, 0.1) is 0 Å². The maximum Gasteiger partial charge on any atom is 0.239 e. The van der Waals surface area contributed by atoms with Crippen molar-refractivity contribution in [1.29, 1.82) is 0 Å². The Morgan fingerprint density at radius 3 is 2.64 bits per heavy atom. The molecular weight excluding hydrogens is 320 g/mol. The molecule has 2 aromatic carbocycles. The van der Waals surface area contributed by atoms with Crippen LogP contribution in [-0.4, -0.2) is 38.8 Å². The minimum atomic E-state index is -0.276. The average Bonchev–Trinajstić information content (AvgIpc) is 2.68. The zero-order chi connectivity index (χ0) is 17.5. The number of rotatable bonds is 6. The maximum atomic E-state index is 12.1. The molecular formula is C19H22N2O4. The Morgan fingerprint density at radius 1 is 1.20 bits per heavy atom. The molecule has 3 rings (SSSR count). The van der Waals surface area contributed by atoms with Gasteiger partial charge in [-0.2, -0.15) is 0 Å². The number of carbonyl (C=O) groups is 1. The number of amides is 1. The number of carbonyl (C=O) groups excluding carboxylic acids is 1. The van der Waals surface area contributed by atoms with Crippen LogP contribution in [0.25, 0.3) is 0 Å². The minimum absolute atomic E-state index is 0.0472. The number of hydrogen-bond acceptors (Lipinski definition) is 5. The number of ether oxygens (including phenoxy) is 3. The second-order valence-electron chi connectivity index (χ2n) is 5.70. The van der Waals surface area contributed by atoms with Gasteiger partial charge < -0.3 is 24.8 Å². The number of nitrogens with one attached hydrogen (secondary N) is 2. The van der Waals surface area contributed by atoms with Gasteiger partial charge in [0, 0.05) is 13.1 Å². The predicted molar refractivity (Wildman–Crippen MR) is 94.0 cm³/mol. The summed E-state index contributed by atoms with van der Waals surface area (Å²) in [4.78, 5) is 12.1. The molecule has 2 aromatic rings. The first-order valence-electron chi connectivity index (χ1n) is 8.25. The Morgan fingerprint density at radius 2 is 1.96 bits per heavy atom. The average molecular weight is 342 g/mol. The van der Waals surface area contributed by atoms with Gasteiger partial charge in [-0.05, 0) is 29.8 Å². The first-order valence-corrected chi connectivity index (χ1v) is 8.25. The highest BCUT2D eigenvalue weighted by Crippen LogP contribution is 2.30. The van der Waals surface area contributed by atoms with Crippen LogP contribution in [0.4, 0.5) is 0 Å². The van der Waals surface area contributed by atoms with Gasteiger partial charge in [0.25, 0.3) is 0 Å². The summed E-state index contributed by atoms with van der Waals surface area (Å²) in [7, 11) is 1.61. The third-order valence-electron chi connectivity index (χ3n) is 3.93. The molecule has 1 fully saturated rings. The van der Waals surface area contributed by atoms with Gasteiger partial charge >= 0.3 is 0 Å². The maximum absolute atomic E-state index is 12.1. The SMILES string of the molecule is COc1ccccc1Oc1ccc(CNC(=O)C2COCCN2)cc1. The van der Waals surface area contributed by atoms with Crippen molar-refractivity contribution in [3.8, 4) is 17.2 Å². The molecule has 1 saturated heterocycles. The summed E-state index contributed by atoms with van der Waals surface area (Å²) in [5.41, 5.74) is 0.998. The van der Waals surface area contributed by atoms with Crippen molar-refractivity contribution in [2.75, 3.05) is 26.9 Å². The van der Waals surface area contributed by atoms with Crippen molar-refractivity contribution in [3.63, 3.8) is 0 Å². The molecule has 1 aliphatic rings. The Balaban J connectivity index is 1.54. The molecule has 1 amide bonds. The zero-order valence-corrected chi connectivity index (χ0v) is 14.2. The van der Waals surface area contributed by atoms with E-state index in [-0.39, 0.29) is 11.9 Å². The fraction of sp³-hybridized carbons (Fsp3) is 0.316.